The summed E-state index contributed by atoms with van der Waals surface area (Å²) in [6.45, 7) is -5.72. The van der Waals surface area contributed by atoms with Gasteiger partial charge in [0, 0.05) is 42.0 Å². The van der Waals surface area contributed by atoms with Crippen LogP contribution in [0, 0.1) is 0 Å². The van der Waals surface area contributed by atoms with E-state index in [2.05, 4.69) is 14.8 Å². The van der Waals surface area contributed by atoms with Gasteiger partial charge in [-0.3, -0.25) is 9.59 Å². The second-order valence-corrected chi connectivity index (χ2v) is 6.48. The minimum Gasteiger partial charge on any atom is -0.435 e. The minimum absolute atomic E-state index is 0.00852. The Morgan fingerprint density at radius 1 is 1.06 bits per heavy atom. The van der Waals surface area contributed by atoms with Crippen LogP contribution < -0.4 is 19.7 Å². The van der Waals surface area contributed by atoms with Crippen LogP contribution in [0.2, 0.25) is 0 Å². The minimum atomic E-state index is -3.20. The lowest BCUT2D eigenvalue weighted by Crippen LogP contribution is -2.23. The van der Waals surface area contributed by atoms with E-state index >= 15 is 0 Å². The summed E-state index contributed by atoms with van der Waals surface area (Å²) in [6, 6.07) is 9.96. The molecule has 0 aromatic heterocycles. The molecule has 1 heterocycles. The number of rotatable bonds is 8. The van der Waals surface area contributed by atoms with Crippen LogP contribution in [0.1, 0.15) is 18.4 Å². The van der Waals surface area contributed by atoms with Crippen molar-refractivity contribution in [3.05, 3.63) is 54.1 Å². The maximum absolute atomic E-state index is 12.6. The number of anilines is 2. The highest BCUT2D eigenvalue weighted by Crippen LogP contribution is 2.29. The van der Waals surface area contributed by atoms with Crippen LogP contribution in [-0.4, -0.2) is 31.6 Å². The van der Waals surface area contributed by atoms with Gasteiger partial charge in [-0.15, -0.1) is 0 Å². The first-order chi connectivity index (χ1) is 14.8. The Bertz CT molecular complexity index is 982. The molecule has 6 nitrogen and oxygen atoms in total. The Balaban J connectivity index is 1.71. The van der Waals surface area contributed by atoms with E-state index in [1.807, 2.05) is 0 Å². The summed E-state index contributed by atoms with van der Waals surface area (Å²) in [5.74, 6) is -1.35. The smallest absolute Gasteiger partial charge is 0.387 e. The van der Waals surface area contributed by atoms with Gasteiger partial charge in [-0.1, -0.05) is 6.07 Å². The number of nitrogens with zero attached hydrogens (tertiary/aromatic N) is 1. The molecular weight excluding hydrogens is 420 g/mol. The Morgan fingerprint density at radius 2 is 1.84 bits per heavy atom. The number of carbonyl (C=O) groups excluding carboxylic acids is 2. The van der Waals surface area contributed by atoms with Crippen LogP contribution in [0.4, 0.5) is 28.9 Å². The fourth-order valence-corrected chi connectivity index (χ4v) is 3.05. The second kappa shape index (κ2) is 9.96. The van der Waals surface area contributed by atoms with Crippen LogP contribution in [0.3, 0.4) is 0 Å². The Morgan fingerprint density at radius 3 is 2.52 bits per heavy atom. The van der Waals surface area contributed by atoms with Crippen molar-refractivity contribution in [2.24, 2.45) is 0 Å². The topological polar surface area (TPSA) is 67.9 Å². The van der Waals surface area contributed by atoms with Crippen molar-refractivity contribution in [2.75, 3.05) is 16.8 Å². The summed E-state index contributed by atoms with van der Waals surface area (Å²) >= 11 is 0. The van der Waals surface area contributed by atoms with Gasteiger partial charge in [-0.05, 0) is 42.8 Å². The van der Waals surface area contributed by atoms with Gasteiger partial charge in [0.05, 0.1) is 0 Å². The van der Waals surface area contributed by atoms with Crippen molar-refractivity contribution in [3.63, 3.8) is 0 Å². The van der Waals surface area contributed by atoms with Gasteiger partial charge < -0.3 is 19.7 Å². The molecule has 0 aliphatic carbocycles. The average Bonchev–Trinajstić information content (AvgIpc) is 3.12. The molecular formula is C21H18F4N2O4. The standard InChI is InChI=1S/C21H18F4N2O4/c22-20(23)30-16-8-6-13(17(12-16)31-21(24)25)7-9-18(28)26-14-3-1-4-15(11-14)27-10-2-5-19(27)29/h1,3-4,6-9,11-12,20-21H,2,5,10H2,(H,26,28)/b9-7+. The monoisotopic (exact) mass is 438 g/mol. The average molecular weight is 438 g/mol. The number of hydrogen-bond acceptors (Lipinski definition) is 4. The van der Waals surface area contributed by atoms with Crippen molar-refractivity contribution in [1.29, 1.82) is 0 Å². The van der Waals surface area contributed by atoms with Crippen LogP contribution >= 0.6 is 0 Å². The molecule has 2 aromatic carbocycles. The third-order valence-corrected chi connectivity index (χ3v) is 4.34. The van der Waals surface area contributed by atoms with Crippen molar-refractivity contribution in [1.82, 2.24) is 0 Å². The fourth-order valence-electron chi connectivity index (χ4n) is 3.05. The molecule has 0 unspecified atom stereocenters. The number of amides is 2. The molecule has 164 valence electrons. The highest BCUT2D eigenvalue weighted by atomic mass is 19.3. The summed E-state index contributed by atoms with van der Waals surface area (Å²) < 4.78 is 58.4. The molecule has 31 heavy (non-hydrogen) atoms. The maximum Gasteiger partial charge on any atom is 0.387 e. The summed E-state index contributed by atoms with van der Waals surface area (Å²) in [5.41, 5.74) is 1.16. The van der Waals surface area contributed by atoms with Gasteiger partial charge in [-0.2, -0.15) is 17.6 Å². The van der Waals surface area contributed by atoms with Gasteiger partial charge in [0.15, 0.2) is 0 Å². The van der Waals surface area contributed by atoms with Crippen LogP contribution in [0.25, 0.3) is 6.08 Å². The normalized spacial score (nSPS) is 14.0. The number of hydrogen-bond donors (Lipinski definition) is 1. The number of ether oxygens (including phenoxy) is 2. The summed E-state index contributed by atoms with van der Waals surface area (Å²) in [4.78, 5) is 25.7. The predicted octanol–water partition coefficient (Wildman–Crippen LogP) is 4.67. The Hall–Kier alpha value is -3.56. The quantitative estimate of drug-likeness (QED) is 0.481. The number of alkyl halides is 4. The number of benzene rings is 2. The van der Waals surface area contributed by atoms with Crippen molar-refractivity contribution in [3.8, 4) is 11.5 Å². The lowest BCUT2D eigenvalue weighted by Gasteiger charge is -2.16. The summed E-state index contributed by atoms with van der Waals surface area (Å²) in [5, 5.41) is 2.61. The fraction of sp³-hybridized carbons (Fsp3) is 0.238. The van der Waals surface area contributed by atoms with E-state index in [9.17, 15) is 27.2 Å². The SMILES string of the molecule is O=C(/C=C/c1ccc(OC(F)F)cc1OC(F)F)Nc1cccc(N2CCCC2=O)c1. The zero-order valence-corrected chi connectivity index (χ0v) is 16.1. The van der Waals surface area contributed by atoms with Gasteiger partial charge in [0.25, 0.3) is 0 Å². The maximum atomic E-state index is 12.6. The van der Waals surface area contributed by atoms with E-state index in [1.165, 1.54) is 12.1 Å². The molecule has 0 saturated carbocycles. The van der Waals surface area contributed by atoms with E-state index in [0.29, 0.717) is 24.3 Å². The van der Waals surface area contributed by atoms with Crippen LogP contribution in [0.15, 0.2) is 48.5 Å². The molecule has 1 aliphatic rings. The molecule has 1 fully saturated rings. The first-order valence-electron chi connectivity index (χ1n) is 9.25. The zero-order chi connectivity index (χ0) is 22.4. The van der Waals surface area contributed by atoms with E-state index in [1.54, 1.807) is 29.2 Å². The molecule has 3 rings (SSSR count). The van der Waals surface area contributed by atoms with Crippen LogP contribution in [-0.2, 0) is 9.59 Å². The lowest BCUT2D eigenvalue weighted by molar-refractivity contribution is -0.117. The molecule has 1 aliphatic heterocycles. The van der Waals surface area contributed by atoms with Gasteiger partial charge in [0.2, 0.25) is 11.8 Å². The van der Waals surface area contributed by atoms with E-state index in [4.69, 9.17) is 0 Å². The Kier molecular flexibility index (Phi) is 7.11. The molecule has 0 radical (unpaired) electrons. The molecule has 10 heteroatoms. The van der Waals surface area contributed by atoms with Crippen LogP contribution in [0.5, 0.6) is 11.5 Å². The number of carbonyl (C=O) groups is 2. The van der Waals surface area contributed by atoms with Crippen molar-refractivity contribution in [2.45, 2.75) is 26.1 Å². The zero-order valence-electron chi connectivity index (χ0n) is 16.1. The van der Waals surface area contributed by atoms with E-state index in [-0.39, 0.29) is 17.2 Å². The van der Waals surface area contributed by atoms with Gasteiger partial charge in [0.1, 0.15) is 11.5 Å². The second-order valence-electron chi connectivity index (χ2n) is 6.48. The third-order valence-electron chi connectivity index (χ3n) is 4.34. The lowest BCUT2D eigenvalue weighted by atomic mass is 10.1. The highest BCUT2D eigenvalue weighted by Gasteiger charge is 2.21. The molecule has 0 spiro atoms. The van der Waals surface area contributed by atoms with E-state index < -0.39 is 24.9 Å². The van der Waals surface area contributed by atoms with Gasteiger partial charge >= 0.3 is 13.2 Å². The highest BCUT2D eigenvalue weighted by molar-refractivity contribution is 6.03. The molecule has 2 amide bonds. The van der Waals surface area contributed by atoms with Gasteiger partial charge in [-0.25, -0.2) is 0 Å². The Labute approximate surface area is 175 Å². The largest absolute Gasteiger partial charge is 0.435 e. The number of nitrogens with one attached hydrogen (secondary N) is 1. The molecule has 0 atom stereocenters. The number of halogens is 4. The summed E-state index contributed by atoms with van der Waals surface area (Å²) in [7, 11) is 0. The van der Waals surface area contributed by atoms with Crippen molar-refractivity contribution >= 4 is 29.3 Å². The van der Waals surface area contributed by atoms with E-state index in [0.717, 1.165) is 24.6 Å². The molecule has 1 saturated heterocycles. The first-order valence-corrected chi connectivity index (χ1v) is 9.25. The molecule has 0 bridgehead atoms. The third kappa shape index (κ3) is 6.21. The molecule has 2 aromatic rings. The molecule has 1 N–H and O–H groups in total. The first kappa shape index (κ1) is 22.1. The van der Waals surface area contributed by atoms with Crippen molar-refractivity contribution < 1.29 is 36.6 Å². The summed E-state index contributed by atoms with van der Waals surface area (Å²) in [6.07, 6.45) is 3.52. The predicted molar refractivity (Wildman–Crippen MR) is 105 cm³/mol.